The van der Waals surface area contributed by atoms with Crippen LogP contribution in [-0.2, 0) is 14.3 Å². The number of morpholine rings is 1. The van der Waals surface area contributed by atoms with Gasteiger partial charge in [-0.15, -0.1) is 0 Å². The quantitative estimate of drug-likeness (QED) is 0.216. The van der Waals surface area contributed by atoms with Crippen molar-refractivity contribution in [3.63, 3.8) is 0 Å². The van der Waals surface area contributed by atoms with Crippen molar-refractivity contribution in [2.75, 3.05) is 46.0 Å². The van der Waals surface area contributed by atoms with Crippen LogP contribution in [0.25, 0.3) is 0 Å². The van der Waals surface area contributed by atoms with Crippen molar-refractivity contribution in [1.82, 2.24) is 15.6 Å². The summed E-state index contributed by atoms with van der Waals surface area (Å²) in [4.78, 5) is 25.7. The fourth-order valence-corrected chi connectivity index (χ4v) is 2.43. The molecular formula is C19H26N4O4. The molecule has 146 valence electrons. The minimum atomic E-state index is -0.788. The predicted molar refractivity (Wildman–Crippen MR) is 103 cm³/mol. The number of hydrogen-bond donors (Lipinski definition) is 2. The van der Waals surface area contributed by atoms with Crippen LogP contribution in [0, 0.1) is 0 Å². The number of rotatable bonds is 9. The lowest BCUT2D eigenvalue weighted by molar-refractivity contribution is -0.139. The average Bonchev–Trinajstić information content (AvgIpc) is 2.71. The minimum Gasteiger partial charge on any atom is -0.490 e. The Hall–Kier alpha value is -2.71. The Morgan fingerprint density at radius 1 is 1.22 bits per heavy atom. The van der Waals surface area contributed by atoms with E-state index in [0.717, 1.165) is 44.8 Å². The molecule has 2 N–H and O–H groups in total. The monoisotopic (exact) mass is 374 g/mol. The smallest absolute Gasteiger partial charge is 0.329 e. The molecule has 1 saturated heterocycles. The van der Waals surface area contributed by atoms with Gasteiger partial charge in [-0.05, 0) is 42.8 Å². The standard InChI is InChI=1S/C19H26N4O4/c1-2-12-27-17-6-4-16(5-7-17)15-21-22-19(25)18(24)20-8-3-9-23-10-13-26-14-11-23/h2,4-7,15H,1,3,8-14H2,(H,20,24)(H,22,25)/b21-15-. The predicted octanol–water partition coefficient (Wildman–Crippen LogP) is 0.540. The molecule has 27 heavy (non-hydrogen) atoms. The molecule has 1 heterocycles. The number of benzene rings is 1. The van der Waals surface area contributed by atoms with Gasteiger partial charge in [-0.3, -0.25) is 14.5 Å². The van der Waals surface area contributed by atoms with Gasteiger partial charge < -0.3 is 14.8 Å². The molecular weight excluding hydrogens is 348 g/mol. The second-order valence-electron chi connectivity index (χ2n) is 5.93. The summed E-state index contributed by atoms with van der Waals surface area (Å²) >= 11 is 0. The molecule has 2 rings (SSSR count). The molecule has 1 aromatic carbocycles. The Morgan fingerprint density at radius 3 is 2.67 bits per heavy atom. The first-order chi connectivity index (χ1) is 13.2. The van der Waals surface area contributed by atoms with E-state index in [4.69, 9.17) is 9.47 Å². The molecule has 0 radical (unpaired) electrons. The van der Waals surface area contributed by atoms with Crippen LogP contribution < -0.4 is 15.5 Å². The van der Waals surface area contributed by atoms with Gasteiger partial charge in [0.05, 0.1) is 19.4 Å². The molecule has 0 saturated carbocycles. The molecule has 2 amide bonds. The van der Waals surface area contributed by atoms with Gasteiger partial charge in [-0.2, -0.15) is 5.10 Å². The summed E-state index contributed by atoms with van der Waals surface area (Å²) in [6.45, 7) is 8.64. The molecule has 8 heteroatoms. The van der Waals surface area contributed by atoms with E-state index in [2.05, 4.69) is 27.3 Å². The SMILES string of the molecule is C=CCOc1ccc(/C=N\NC(=O)C(=O)NCCCN2CCOCC2)cc1. The fourth-order valence-electron chi connectivity index (χ4n) is 2.43. The van der Waals surface area contributed by atoms with Gasteiger partial charge in [0, 0.05) is 19.6 Å². The van der Waals surface area contributed by atoms with Crippen molar-refractivity contribution in [1.29, 1.82) is 0 Å². The van der Waals surface area contributed by atoms with Crippen LogP contribution >= 0.6 is 0 Å². The van der Waals surface area contributed by atoms with E-state index in [0.29, 0.717) is 18.9 Å². The van der Waals surface area contributed by atoms with Crippen molar-refractivity contribution in [2.45, 2.75) is 6.42 Å². The molecule has 0 spiro atoms. The molecule has 0 unspecified atom stereocenters. The third-order valence-corrected chi connectivity index (χ3v) is 3.87. The molecule has 1 aliphatic rings. The van der Waals surface area contributed by atoms with Crippen LogP contribution in [0.3, 0.4) is 0 Å². The highest BCUT2D eigenvalue weighted by Gasteiger charge is 2.13. The van der Waals surface area contributed by atoms with Crippen LogP contribution in [-0.4, -0.2) is 68.9 Å². The van der Waals surface area contributed by atoms with Crippen LogP contribution in [0.1, 0.15) is 12.0 Å². The lowest BCUT2D eigenvalue weighted by atomic mass is 10.2. The molecule has 0 bridgehead atoms. The number of amides is 2. The van der Waals surface area contributed by atoms with Gasteiger partial charge in [0.2, 0.25) is 0 Å². The van der Waals surface area contributed by atoms with E-state index in [9.17, 15) is 9.59 Å². The van der Waals surface area contributed by atoms with Gasteiger partial charge in [0.15, 0.2) is 0 Å². The zero-order valence-electron chi connectivity index (χ0n) is 15.4. The van der Waals surface area contributed by atoms with Crippen LogP contribution in [0.4, 0.5) is 0 Å². The first-order valence-corrected chi connectivity index (χ1v) is 8.94. The third kappa shape index (κ3) is 8.02. The Balaban J connectivity index is 1.62. The summed E-state index contributed by atoms with van der Waals surface area (Å²) < 4.78 is 10.7. The molecule has 0 aliphatic carbocycles. The van der Waals surface area contributed by atoms with Crippen molar-refractivity contribution in [3.05, 3.63) is 42.5 Å². The highest BCUT2D eigenvalue weighted by atomic mass is 16.5. The number of carbonyl (C=O) groups excluding carboxylic acids is 2. The van der Waals surface area contributed by atoms with Gasteiger partial charge in [-0.1, -0.05) is 12.7 Å². The van der Waals surface area contributed by atoms with Crippen LogP contribution in [0.15, 0.2) is 42.0 Å². The number of hydrazone groups is 1. The van der Waals surface area contributed by atoms with E-state index in [1.807, 2.05) is 0 Å². The number of nitrogens with zero attached hydrogens (tertiary/aromatic N) is 2. The molecule has 0 atom stereocenters. The van der Waals surface area contributed by atoms with E-state index < -0.39 is 11.8 Å². The number of nitrogens with one attached hydrogen (secondary N) is 2. The second kappa shape index (κ2) is 11.8. The Kier molecular flexibility index (Phi) is 9.02. The third-order valence-electron chi connectivity index (χ3n) is 3.87. The summed E-state index contributed by atoms with van der Waals surface area (Å²) in [5, 5.41) is 6.38. The second-order valence-corrected chi connectivity index (χ2v) is 5.93. The molecule has 1 fully saturated rings. The summed E-state index contributed by atoms with van der Waals surface area (Å²) in [7, 11) is 0. The Morgan fingerprint density at radius 2 is 1.96 bits per heavy atom. The zero-order chi connectivity index (χ0) is 19.3. The number of ether oxygens (including phenoxy) is 2. The van der Waals surface area contributed by atoms with E-state index in [-0.39, 0.29) is 0 Å². The summed E-state index contributed by atoms with van der Waals surface area (Å²) in [5.74, 6) is -0.765. The number of hydrogen-bond acceptors (Lipinski definition) is 6. The van der Waals surface area contributed by atoms with E-state index >= 15 is 0 Å². The molecule has 1 aromatic rings. The van der Waals surface area contributed by atoms with Gasteiger partial charge >= 0.3 is 11.8 Å². The molecule has 8 nitrogen and oxygen atoms in total. The first-order valence-electron chi connectivity index (χ1n) is 8.94. The lowest BCUT2D eigenvalue weighted by Crippen LogP contribution is -2.40. The zero-order valence-corrected chi connectivity index (χ0v) is 15.4. The maximum atomic E-state index is 11.7. The summed E-state index contributed by atoms with van der Waals surface area (Å²) in [6, 6.07) is 7.15. The maximum absolute atomic E-state index is 11.7. The van der Waals surface area contributed by atoms with Crippen molar-refractivity contribution < 1.29 is 19.1 Å². The number of carbonyl (C=O) groups is 2. The topological polar surface area (TPSA) is 92.3 Å². The highest BCUT2D eigenvalue weighted by Crippen LogP contribution is 2.10. The minimum absolute atomic E-state index is 0.436. The first kappa shape index (κ1) is 20.6. The lowest BCUT2D eigenvalue weighted by Gasteiger charge is -2.26. The summed E-state index contributed by atoms with van der Waals surface area (Å²) in [6.07, 6.45) is 3.90. The Bertz CT molecular complexity index is 640. The van der Waals surface area contributed by atoms with E-state index in [1.165, 1.54) is 6.21 Å². The average molecular weight is 374 g/mol. The van der Waals surface area contributed by atoms with E-state index in [1.54, 1.807) is 30.3 Å². The normalized spacial score (nSPS) is 14.7. The molecule has 0 aromatic heterocycles. The van der Waals surface area contributed by atoms with Crippen molar-refractivity contribution in [3.8, 4) is 5.75 Å². The van der Waals surface area contributed by atoms with Gasteiger partial charge in [-0.25, -0.2) is 5.43 Å². The summed E-state index contributed by atoms with van der Waals surface area (Å²) in [5.41, 5.74) is 2.99. The van der Waals surface area contributed by atoms with Gasteiger partial charge in [0.25, 0.3) is 0 Å². The van der Waals surface area contributed by atoms with Crippen molar-refractivity contribution >= 4 is 18.0 Å². The van der Waals surface area contributed by atoms with Crippen LogP contribution in [0.5, 0.6) is 5.75 Å². The molecule has 1 aliphatic heterocycles. The largest absolute Gasteiger partial charge is 0.490 e. The fraction of sp³-hybridized carbons (Fsp3) is 0.421. The highest BCUT2D eigenvalue weighted by molar-refractivity contribution is 6.35. The van der Waals surface area contributed by atoms with Crippen LogP contribution in [0.2, 0.25) is 0 Å². The van der Waals surface area contributed by atoms with Gasteiger partial charge in [0.1, 0.15) is 12.4 Å². The van der Waals surface area contributed by atoms with Crippen molar-refractivity contribution in [2.24, 2.45) is 5.10 Å². The Labute approximate surface area is 159 Å². The maximum Gasteiger partial charge on any atom is 0.329 e.